The van der Waals surface area contributed by atoms with Gasteiger partial charge in [-0.15, -0.1) is 0 Å². The van der Waals surface area contributed by atoms with Crippen LogP contribution in [-0.4, -0.2) is 22.9 Å². The SMILES string of the molecule is CC(NC1CC(=O)N(C)c2ccccc21)c1ncc[nH]1. The zero-order valence-corrected chi connectivity index (χ0v) is 11.6. The molecular weight excluding hydrogens is 252 g/mol. The molecule has 2 N–H and O–H groups in total. The highest BCUT2D eigenvalue weighted by molar-refractivity contribution is 5.96. The van der Waals surface area contributed by atoms with Gasteiger partial charge in [-0.05, 0) is 18.6 Å². The Kier molecular flexibility index (Phi) is 3.28. The van der Waals surface area contributed by atoms with E-state index >= 15 is 0 Å². The first-order valence-corrected chi connectivity index (χ1v) is 6.77. The second-order valence-corrected chi connectivity index (χ2v) is 5.13. The van der Waals surface area contributed by atoms with Crippen LogP contribution in [0, 0.1) is 0 Å². The van der Waals surface area contributed by atoms with E-state index in [-0.39, 0.29) is 18.0 Å². The molecule has 0 saturated heterocycles. The number of carbonyl (C=O) groups is 1. The van der Waals surface area contributed by atoms with Gasteiger partial charge in [0, 0.05) is 37.6 Å². The first kappa shape index (κ1) is 12.9. The predicted octanol–water partition coefficient (Wildman–Crippen LogP) is 2.17. The van der Waals surface area contributed by atoms with E-state index in [0.717, 1.165) is 17.1 Å². The summed E-state index contributed by atoms with van der Waals surface area (Å²) in [5.41, 5.74) is 2.14. The van der Waals surface area contributed by atoms with E-state index in [4.69, 9.17) is 0 Å². The van der Waals surface area contributed by atoms with Crippen LogP contribution in [0.3, 0.4) is 0 Å². The van der Waals surface area contributed by atoms with Crippen molar-refractivity contribution in [2.75, 3.05) is 11.9 Å². The number of carbonyl (C=O) groups excluding carboxylic acids is 1. The third kappa shape index (κ3) is 2.20. The van der Waals surface area contributed by atoms with E-state index in [0.29, 0.717) is 6.42 Å². The van der Waals surface area contributed by atoms with E-state index in [1.165, 1.54) is 0 Å². The van der Waals surface area contributed by atoms with E-state index in [9.17, 15) is 4.79 Å². The zero-order chi connectivity index (χ0) is 14.1. The summed E-state index contributed by atoms with van der Waals surface area (Å²) in [7, 11) is 1.83. The lowest BCUT2D eigenvalue weighted by atomic mass is 9.95. The number of fused-ring (bicyclic) bond motifs is 1. The van der Waals surface area contributed by atoms with Crippen molar-refractivity contribution in [2.45, 2.75) is 25.4 Å². The van der Waals surface area contributed by atoms with Crippen molar-refractivity contribution in [3.05, 3.63) is 48.0 Å². The number of H-pyrrole nitrogens is 1. The minimum absolute atomic E-state index is 0.0231. The molecule has 20 heavy (non-hydrogen) atoms. The first-order valence-electron chi connectivity index (χ1n) is 6.77. The molecule has 2 unspecified atom stereocenters. The molecule has 2 aromatic rings. The molecule has 1 aliphatic heterocycles. The van der Waals surface area contributed by atoms with Crippen LogP contribution in [0.15, 0.2) is 36.7 Å². The summed E-state index contributed by atoms with van der Waals surface area (Å²) in [6.07, 6.45) is 4.01. The third-order valence-corrected chi connectivity index (χ3v) is 3.81. The van der Waals surface area contributed by atoms with Gasteiger partial charge >= 0.3 is 0 Å². The van der Waals surface area contributed by atoms with Crippen LogP contribution >= 0.6 is 0 Å². The molecule has 5 nitrogen and oxygen atoms in total. The third-order valence-electron chi connectivity index (χ3n) is 3.81. The predicted molar refractivity (Wildman–Crippen MR) is 77.3 cm³/mol. The molecule has 1 aromatic carbocycles. The lowest BCUT2D eigenvalue weighted by molar-refractivity contribution is -0.119. The Morgan fingerprint density at radius 1 is 1.45 bits per heavy atom. The average Bonchev–Trinajstić information content (AvgIpc) is 2.99. The van der Waals surface area contributed by atoms with Gasteiger partial charge in [-0.1, -0.05) is 18.2 Å². The van der Waals surface area contributed by atoms with Crippen molar-refractivity contribution in [3.63, 3.8) is 0 Å². The number of imidazole rings is 1. The largest absolute Gasteiger partial charge is 0.347 e. The monoisotopic (exact) mass is 270 g/mol. The Morgan fingerprint density at radius 2 is 2.25 bits per heavy atom. The summed E-state index contributed by atoms with van der Waals surface area (Å²) < 4.78 is 0. The highest BCUT2D eigenvalue weighted by atomic mass is 16.2. The molecule has 0 bridgehead atoms. The number of nitrogens with one attached hydrogen (secondary N) is 2. The van der Waals surface area contributed by atoms with Gasteiger partial charge in [0.2, 0.25) is 5.91 Å². The van der Waals surface area contributed by atoms with Gasteiger partial charge in [0.05, 0.1) is 6.04 Å². The molecule has 1 amide bonds. The fraction of sp³-hybridized carbons (Fsp3) is 0.333. The number of nitrogens with zero attached hydrogens (tertiary/aromatic N) is 2. The molecule has 0 aliphatic carbocycles. The van der Waals surface area contributed by atoms with Gasteiger partial charge in [-0.2, -0.15) is 0 Å². The molecule has 2 atom stereocenters. The number of anilines is 1. The maximum Gasteiger partial charge on any atom is 0.228 e. The number of para-hydroxylation sites is 1. The van der Waals surface area contributed by atoms with E-state index in [1.807, 2.05) is 32.2 Å². The molecule has 0 spiro atoms. The smallest absolute Gasteiger partial charge is 0.228 e. The summed E-state index contributed by atoms with van der Waals surface area (Å²) >= 11 is 0. The quantitative estimate of drug-likeness (QED) is 0.898. The maximum absolute atomic E-state index is 12.1. The van der Waals surface area contributed by atoms with Gasteiger partial charge in [-0.25, -0.2) is 4.98 Å². The Hall–Kier alpha value is -2.14. The summed E-state index contributed by atoms with van der Waals surface area (Å²) in [5.74, 6) is 1.02. The Bertz CT molecular complexity index is 608. The van der Waals surface area contributed by atoms with E-state index in [2.05, 4.69) is 21.4 Å². The van der Waals surface area contributed by atoms with Crippen LogP contribution in [0.5, 0.6) is 0 Å². The number of aromatic nitrogens is 2. The average molecular weight is 270 g/mol. The first-order chi connectivity index (χ1) is 9.66. The normalized spacial score (nSPS) is 19.8. The standard InChI is InChI=1S/C15H18N4O/c1-10(15-16-7-8-17-15)18-12-9-14(20)19(2)13-6-4-3-5-11(12)13/h3-8,10,12,18H,9H2,1-2H3,(H,16,17). The molecule has 104 valence electrons. The Labute approximate surface area is 118 Å². The number of benzene rings is 1. The second kappa shape index (κ2) is 5.09. The van der Waals surface area contributed by atoms with Gasteiger partial charge in [-0.3, -0.25) is 4.79 Å². The van der Waals surface area contributed by atoms with E-state index < -0.39 is 0 Å². The fourth-order valence-electron chi connectivity index (χ4n) is 2.69. The molecule has 0 saturated carbocycles. The van der Waals surface area contributed by atoms with Gasteiger partial charge in [0.1, 0.15) is 5.82 Å². The van der Waals surface area contributed by atoms with Gasteiger partial charge < -0.3 is 15.2 Å². The van der Waals surface area contributed by atoms with Crippen molar-refractivity contribution < 1.29 is 4.79 Å². The number of hydrogen-bond acceptors (Lipinski definition) is 3. The van der Waals surface area contributed by atoms with Crippen LogP contribution in [0.1, 0.15) is 36.8 Å². The highest BCUT2D eigenvalue weighted by Gasteiger charge is 2.29. The van der Waals surface area contributed by atoms with Gasteiger partial charge in [0.15, 0.2) is 0 Å². The maximum atomic E-state index is 12.1. The van der Waals surface area contributed by atoms with E-state index in [1.54, 1.807) is 17.3 Å². The zero-order valence-electron chi connectivity index (χ0n) is 11.6. The molecule has 1 aliphatic rings. The Morgan fingerprint density at radius 3 is 3.00 bits per heavy atom. The minimum atomic E-state index is 0.0231. The lowest BCUT2D eigenvalue weighted by Gasteiger charge is -2.33. The molecule has 1 aromatic heterocycles. The fourth-order valence-corrected chi connectivity index (χ4v) is 2.69. The number of amides is 1. The van der Waals surface area contributed by atoms with Crippen LogP contribution in [0.2, 0.25) is 0 Å². The van der Waals surface area contributed by atoms with Crippen LogP contribution in [0.25, 0.3) is 0 Å². The highest BCUT2D eigenvalue weighted by Crippen LogP contribution is 2.34. The summed E-state index contributed by atoms with van der Waals surface area (Å²) in [5, 5.41) is 3.49. The molecule has 0 fully saturated rings. The number of aromatic amines is 1. The molecule has 5 heteroatoms. The van der Waals surface area contributed by atoms with Crippen molar-refractivity contribution in [3.8, 4) is 0 Å². The molecule has 3 rings (SSSR count). The van der Waals surface area contributed by atoms with Crippen LogP contribution < -0.4 is 10.2 Å². The molecule has 2 heterocycles. The summed E-state index contributed by atoms with van der Waals surface area (Å²) in [6.45, 7) is 2.05. The van der Waals surface area contributed by atoms with Crippen LogP contribution in [0.4, 0.5) is 5.69 Å². The van der Waals surface area contributed by atoms with Gasteiger partial charge in [0.25, 0.3) is 0 Å². The number of rotatable bonds is 3. The van der Waals surface area contributed by atoms with Crippen molar-refractivity contribution in [1.82, 2.24) is 15.3 Å². The van der Waals surface area contributed by atoms with Crippen molar-refractivity contribution in [2.24, 2.45) is 0 Å². The Balaban J connectivity index is 1.87. The minimum Gasteiger partial charge on any atom is -0.347 e. The molecule has 0 radical (unpaired) electrons. The van der Waals surface area contributed by atoms with Crippen molar-refractivity contribution >= 4 is 11.6 Å². The summed E-state index contributed by atoms with van der Waals surface area (Å²) in [6, 6.07) is 8.12. The summed E-state index contributed by atoms with van der Waals surface area (Å²) in [4.78, 5) is 21.2. The topological polar surface area (TPSA) is 61.0 Å². The van der Waals surface area contributed by atoms with Crippen molar-refractivity contribution in [1.29, 1.82) is 0 Å². The number of hydrogen-bond donors (Lipinski definition) is 2. The second-order valence-electron chi connectivity index (χ2n) is 5.13. The molecular formula is C15H18N4O. The van der Waals surface area contributed by atoms with Crippen LogP contribution in [-0.2, 0) is 4.79 Å². The lowest BCUT2D eigenvalue weighted by Crippen LogP contribution is -2.38.